The Labute approximate surface area is 189 Å². The average molecular weight is 463 g/mol. The molecule has 32 heavy (non-hydrogen) atoms. The van der Waals surface area contributed by atoms with E-state index in [1.54, 1.807) is 7.11 Å². The van der Waals surface area contributed by atoms with E-state index in [-0.39, 0.29) is 23.4 Å². The fraction of sp³-hybridized carbons (Fsp3) is 0.364. The molecule has 174 valence electrons. The number of amides is 2. The molecule has 2 N–H and O–H groups in total. The number of methoxy groups -OCH3 is 1. The summed E-state index contributed by atoms with van der Waals surface area (Å²) in [6, 6.07) is 13.2. The van der Waals surface area contributed by atoms with Gasteiger partial charge in [0.1, 0.15) is 5.75 Å². The molecular weight excluding hydrogens is 432 g/mol. The van der Waals surface area contributed by atoms with Crippen molar-refractivity contribution in [3.8, 4) is 5.75 Å². The number of hydrogen-bond acceptors (Lipinski definition) is 6. The van der Waals surface area contributed by atoms with E-state index in [0.29, 0.717) is 12.2 Å². The lowest BCUT2D eigenvalue weighted by Crippen LogP contribution is -2.41. The maximum absolute atomic E-state index is 12.8. The van der Waals surface area contributed by atoms with Crippen LogP contribution in [0.25, 0.3) is 0 Å². The Morgan fingerprint density at radius 3 is 2.28 bits per heavy atom. The Morgan fingerprint density at radius 1 is 1.06 bits per heavy atom. The molecule has 0 aromatic heterocycles. The Kier molecular flexibility index (Phi) is 8.76. The fourth-order valence-corrected chi connectivity index (χ4v) is 4.22. The Bertz CT molecular complexity index is 1040. The number of nitrogens with zero attached hydrogens (tertiary/aromatic N) is 2. The van der Waals surface area contributed by atoms with Gasteiger partial charge >= 0.3 is 0 Å². The van der Waals surface area contributed by atoms with Crippen molar-refractivity contribution in [3.05, 3.63) is 54.1 Å². The second kappa shape index (κ2) is 11.1. The Hall–Kier alpha value is -2.95. The first-order valence-electron chi connectivity index (χ1n) is 9.95. The highest BCUT2D eigenvalue weighted by molar-refractivity contribution is 7.89. The number of hydrogen-bond donors (Lipinski definition) is 2. The molecule has 0 saturated heterocycles. The summed E-state index contributed by atoms with van der Waals surface area (Å²) in [6.07, 6.45) is 0. The summed E-state index contributed by atoms with van der Waals surface area (Å²) in [5.41, 5.74) is 1.46. The number of sulfonamides is 1. The summed E-state index contributed by atoms with van der Waals surface area (Å²) in [5.74, 6) is 0.0519. The van der Waals surface area contributed by atoms with E-state index in [1.807, 2.05) is 43.3 Å². The molecule has 9 nitrogen and oxygen atoms in total. The molecule has 1 atom stereocenters. The monoisotopic (exact) mass is 462 g/mol. The molecule has 0 radical (unpaired) electrons. The van der Waals surface area contributed by atoms with E-state index in [1.165, 1.54) is 38.2 Å². The van der Waals surface area contributed by atoms with Crippen LogP contribution in [0.15, 0.2) is 53.4 Å². The smallest absolute Gasteiger partial charge is 0.243 e. The highest BCUT2D eigenvalue weighted by Crippen LogP contribution is 2.22. The lowest BCUT2D eigenvalue weighted by atomic mass is 10.1. The number of rotatable bonds is 10. The van der Waals surface area contributed by atoms with Crippen molar-refractivity contribution in [2.75, 3.05) is 46.7 Å². The van der Waals surface area contributed by atoms with Crippen LogP contribution in [0.3, 0.4) is 0 Å². The maximum Gasteiger partial charge on any atom is 0.243 e. The largest absolute Gasteiger partial charge is 0.497 e. The van der Waals surface area contributed by atoms with Gasteiger partial charge < -0.3 is 20.3 Å². The minimum atomic E-state index is -3.86. The van der Waals surface area contributed by atoms with E-state index < -0.39 is 15.9 Å². The topological polar surface area (TPSA) is 108 Å². The molecule has 2 rings (SSSR count). The molecule has 0 spiro atoms. The van der Waals surface area contributed by atoms with Gasteiger partial charge in [0.2, 0.25) is 21.8 Å². The standard InChI is InChI=1S/C22H30N4O5S/c1-16(27)24-18-9-11-20(12-10-18)32(29,30)26(4)15-22(28)23-14-21(25(2)3)17-7-6-8-19(13-17)31-5/h6-13,21H,14-15H2,1-5H3,(H,23,28)(H,24,27). The number of anilines is 1. The van der Waals surface area contributed by atoms with Gasteiger partial charge in [0.15, 0.2) is 0 Å². The van der Waals surface area contributed by atoms with Gasteiger partial charge in [-0.1, -0.05) is 12.1 Å². The van der Waals surface area contributed by atoms with Crippen LogP contribution in [0.4, 0.5) is 5.69 Å². The zero-order valence-corrected chi connectivity index (χ0v) is 19.8. The second-order valence-electron chi connectivity index (χ2n) is 7.53. The van der Waals surface area contributed by atoms with Crippen molar-refractivity contribution in [1.29, 1.82) is 0 Å². The van der Waals surface area contributed by atoms with E-state index in [0.717, 1.165) is 15.6 Å². The SMILES string of the molecule is COc1cccc(C(CNC(=O)CN(C)S(=O)(=O)c2ccc(NC(C)=O)cc2)N(C)C)c1. The van der Waals surface area contributed by atoms with Crippen LogP contribution in [-0.2, 0) is 19.6 Å². The van der Waals surface area contributed by atoms with E-state index in [9.17, 15) is 18.0 Å². The van der Waals surface area contributed by atoms with E-state index in [4.69, 9.17) is 4.74 Å². The summed E-state index contributed by atoms with van der Waals surface area (Å²) < 4.78 is 31.8. The van der Waals surface area contributed by atoms with Crippen LogP contribution in [0.2, 0.25) is 0 Å². The predicted octanol–water partition coefficient (Wildman–Crippen LogP) is 1.69. The summed E-state index contributed by atoms with van der Waals surface area (Å²) in [4.78, 5) is 25.6. The van der Waals surface area contributed by atoms with Crippen molar-refractivity contribution < 1.29 is 22.7 Å². The molecule has 2 amide bonds. The third kappa shape index (κ3) is 6.78. The van der Waals surface area contributed by atoms with E-state index in [2.05, 4.69) is 10.6 Å². The third-order valence-corrected chi connectivity index (χ3v) is 6.66. The van der Waals surface area contributed by atoms with Crippen LogP contribution in [0, 0.1) is 0 Å². The van der Waals surface area contributed by atoms with Crippen LogP contribution in [0.1, 0.15) is 18.5 Å². The minimum absolute atomic E-state index is 0.0319. The average Bonchev–Trinajstić information content (AvgIpc) is 2.73. The van der Waals surface area contributed by atoms with Crippen molar-refractivity contribution in [2.45, 2.75) is 17.9 Å². The number of carbonyl (C=O) groups is 2. The number of ether oxygens (including phenoxy) is 1. The van der Waals surface area contributed by atoms with Crippen molar-refractivity contribution in [3.63, 3.8) is 0 Å². The number of benzene rings is 2. The highest BCUT2D eigenvalue weighted by Gasteiger charge is 2.24. The molecule has 0 fully saturated rings. The molecular formula is C22H30N4O5S. The van der Waals surface area contributed by atoms with Crippen LogP contribution < -0.4 is 15.4 Å². The van der Waals surface area contributed by atoms with Gasteiger partial charge in [-0.25, -0.2) is 8.42 Å². The minimum Gasteiger partial charge on any atom is -0.497 e. The maximum atomic E-state index is 12.8. The normalized spacial score (nSPS) is 12.5. The van der Waals surface area contributed by atoms with Crippen LogP contribution in [0.5, 0.6) is 5.75 Å². The van der Waals surface area contributed by atoms with Gasteiger partial charge in [0.25, 0.3) is 0 Å². The zero-order chi connectivity index (χ0) is 23.9. The summed E-state index contributed by atoms with van der Waals surface area (Å²) in [5, 5.41) is 5.39. The van der Waals surface area contributed by atoms with Crippen LogP contribution >= 0.6 is 0 Å². The molecule has 2 aromatic carbocycles. The number of carbonyl (C=O) groups excluding carboxylic acids is 2. The molecule has 1 unspecified atom stereocenters. The van der Waals surface area contributed by atoms with Gasteiger partial charge in [-0.2, -0.15) is 4.31 Å². The van der Waals surface area contributed by atoms with Crippen molar-refractivity contribution in [2.24, 2.45) is 0 Å². The predicted molar refractivity (Wildman–Crippen MR) is 123 cm³/mol. The molecule has 0 heterocycles. The second-order valence-corrected chi connectivity index (χ2v) is 9.57. The van der Waals surface area contributed by atoms with Gasteiger partial charge in [-0.15, -0.1) is 0 Å². The Morgan fingerprint density at radius 2 is 1.72 bits per heavy atom. The first-order valence-corrected chi connectivity index (χ1v) is 11.4. The highest BCUT2D eigenvalue weighted by atomic mass is 32.2. The molecule has 0 saturated carbocycles. The number of likely N-dealkylation sites (N-methyl/N-ethyl adjacent to an activating group) is 2. The van der Waals surface area contributed by atoms with E-state index >= 15 is 0 Å². The van der Waals surface area contributed by atoms with Crippen LogP contribution in [-0.4, -0.2) is 70.8 Å². The van der Waals surface area contributed by atoms with Gasteiger partial charge in [0, 0.05) is 26.2 Å². The fourth-order valence-electron chi connectivity index (χ4n) is 3.09. The third-order valence-electron chi connectivity index (χ3n) is 4.84. The summed E-state index contributed by atoms with van der Waals surface area (Å²) >= 11 is 0. The van der Waals surface area contributed by atoms with Gasteiger partial charge in [-0.05, 0) is 56.1 Å². The first kappa shape index (κ1) is 25.3. The molecule has 0 bridgehead atoms. The summed E-state index contributed by atoms with van der Waals surface area (Å²) in [6.45, 7) is 1.35. The summed E-state index contributed by atoms with van der Waals surface area (Å²) in [7, 11) is 2.88. The van der Waals surface area contributed by atoms with Gasteiger partial charge in [-0.3, -0.25) is 9.59 Å². The molecule has 0 aliphatic carbocycles. The zero-order valence-electron chi connectivity index (χ0n) is 19.0. The van der Waals surface area contributed by atoms with Crippen molar-refractivity contribution in [1.82, 2.24) is 14.5 Å². The van der Waals surface area contributed by atoms with Crippen molar-refractivity contribution >= 4 is 27.5 Å². The molecule has 2 aromatic rings. The molecule has 10 heteroatoms. The number of nitrogens with one attached hydrogen (secondary N) is 2. The molecule has 0 aliphatic rings. The lowest BCUT2D eigenvalue weighted by molar-refractivity contribution is -0.121. The molecule has 0 aliphatic heterocycles. The van der Waals surface area contributed by atoms with Gasteiger partial charge in [0.05, 0.1) is 24.6 Å². The Balaban J connectivity index is 2.01. The quantitative estimate of drug-likeness (QED) is 0.556. The first-order chi connectivity index (χ1) is 15.0. The lowest BCUT2D eigenvalue weighted by Gasteiger charge is -2.26.